The standard InChI is InChI=1S/C15H12Cl2N4.C6H14/c16-11-6-5-9(7-12(11)17)8-19-14-10-3-1-2-4-13(10)20-15(18)21-14;1-3-5-6-4-2/h1-7H,8H2,(H3,18,19,20,21);3-6H2,1-2H3. The molecule has 0 amide bonds. The molecule has 0 aliphatic carbocycles. The van der Waals surface area contributed by atoms with Gasteiger partial charge in [0.2, 0.25) is 5.95 Å². The predicted molar refractivity (Wildman–Crippen MR) is 118 cm³/mol. The van der Waals surface area contributed by atoms with E-state index in [0.29, 0.717) is 22.4 Å². The number of para-hydroxylation sites is 1. The Balaban J connectivity index is 0.000000380. The number of unbranched alkanes of at least 4 members (excludes halogenated alkanes) is 3. The zero-order valence-corrected chi connectivity index (χ0v) is 17.3. The molecule has 3 rings (SSSR count). The lowest BCUT2D eigenvalue weighted by molar-refractivity contribution is 0.702. The summed E-state index contributed by atoms with van der Waals surface area (Å²) in [6.45, 7) is 5.03. The van der Waals surface area contributed by atoms with E-state index in [1.807, 2.05) is 36.4 Å². The second kappa shape index (κ2) is 11.0. The average Bonchev–Trinajstić information content (AvgIpc) is 2.67. The van der Waals surface area contributed by atoms with Crippen LogP contribution in [0, 0.1) is 0 Å². The van der Waals surface area contributed by atoms with Crippen molar-refractivity contribution in [3.8, 4) is 0 Å². The van der Waals surface area contributed by atoms with Crippen LogP contribution in [0.2, 0.25) is 10.0 Å². The van der Waals surface area contributed by atoms with Crippen LogP contribution in [-0.2, 0) is 6.54 Å². The van der Waals surface area contributed by atoms with Crippen LogP contribution >= 0.6 is 23.2 Å². The monoisotopic (exact) mass is 404 g/mol. The summed E-state index contributed by atoms with van der Waals surface area (Å²) >= 11 is 11.9. The average molecular weight is 405 g/mol. The number of anilines is 2. The van der Waals surface area contributed by atoms with Gasteiger partial charge in [0.15, 0.2) is 0 Å². The summed E-state index contributed by atoms with van der Waals surface area (Å²) in [6, 6.07) is 13.2. The van der Waals surface area contributed by atoms with Gasteiger partial charge in [-0.2, -0.15) is 4.98 Å². The summed E-state index contributed by atoms with van der Waals surface area (Å²) in [5, 5.41) is 5.25. The minimum atomic E-state index is 0.241. The molecule has 6 heteroatoms. The molecule has 0 aliphatic rings. The Kier molecular flexibility index (Phi) is 8.62. The molecular formula is C21H26Cl2N4. The van der Waals surface area contributed by atoms with Crippen LogP contribution in [0.1, 0.15) is 45.1 Å². The lowest BCUT2D eigenvalue weighted by Gasteiger charge is -2.10. The quantitative estimate of drug-likeness (QED) is 0.447. The van der Waals surface area contributed by atoms with Gasteiger partial charge in [-0.05, 0) is 29.8 Å². The third-order valence-corrected chi connectivity index (χ3v) is 4.76. The van der Waals surface area contributed by atoms with E-state index in [1.54, 1.807) is 6.07 Å². The van der Waals surface area contributed by atoms with Crippen molar-refractivity contribution < 1.29 is 0 Å². The molecule has 27 heavy (non-hydrogen) atoms. The second-order valence-electron chi connectivity index (χ2n) is 6.26. The second-order valence-corrected chi connectivity index (χ2v) is 7.07. The third-order valence-electron chi connectivity index (χ3n) is 4.02. The highest BCUT2D eigenvalue weighted by molar-refractivity contribution is 6.42. The fourth-order valence-electron chi connectivity index (χ4n) is 2.56. The van der Waals surface area contributed by atoms with Crippen molar-refractivity contribution >= 4 is 45.9 Å². The molecule has 0 bridgehead atoms. The van der Waals surface area contributed by atoms with Gasteiger partial charge in [-0.15, -0.1) is 0 Å². The van der Waals surface area contributed by atoms with Gasteiger partial charge >= 0.3 is 0 Å². The van der Waals surface area contributed by atoms with E-state index < -0.39 is 0 Å². The van der Waals surface area contributed by atoms with Crippen molar-refractivity contribution in [2.75, 3.05) is 11.1 Å². The number of hydrogen-bond donors (Lipinski definition) is 2. The van der Waals surface area contributed by atoms with Crippen LogP contribution in [0.15, 0.2) is 42.5 Å². The summed E-state index contributed by atoms with van der Waals surface area (Å²) in [5.41, 5.74) is 7.55. The highest BCUT2D eigenvalue weighted by atomic mass is 35.5. The highest BCUT2D eigenvalue weighted by Crippen LogP contribution is 2.24. The van der Waals surface area contributed by atoms with Crippen molar-refractivity contribution in [2.24, 2.45) is 0 Å². The number of aromatic nitrogens is 2. The Bertz CT molecular complexity index is 864. The number of hydrogen-bond acceptors (Lipinski definition) is 4. The molecular weight excluding hydrogens is 379 g/mol. The molecule has 0 atom stereocenters. The zero-order valence-electron chi connectivity index (χ0n) is 15.8. The molecule has 3 aromatic rings. The maximum absolute atomic E-state index is 6.01. The van der Waals surface area contributed by atoms with Gasteiger partial charge in [0.05, 0.1) is 15.6 Å². The summed E-state index contributed by atoms with van der Waals surface area (Å²) in [6.07, 6.45) is 5.54. The van der Waals surface area contributed by atoms with Gasteiger partial charge in [-0.3, -0.25) is 0 Å². The number of nitrogens with zero attached hydrogens (tertiary/aromatic N) is 2. The van der Waals surface area contributed by atoms with Crippen LogP contribution in [0.3, 0.4) is 0 Å². The fraction of sp³-hybridized carbons (Fsp3) is 0.333. The number of rotatable bonds is 6. The maximum Gasteiger partial charge on any atom is 0.222 e. The molecule has 0 unspecified atom stereocenters. The Morgan fingerprint density at radius 1 is 0.926 bits per heavy atom. The van der Waals surface area contributed by atoms with Gasteiger partial charge in [0, 0.05) is 11.9 Å². The normalized spacial score (nSPS) is 10.4. The first kappa shape index (κ1) is 21.3. The van der Waals surface area contributed by atoms with E-state index in [0.717, 1.165) is 16.5 Å². The molecule has 144 valence electrons. The molecule has 4 nitrogen and oxygen atoms in total. The van der Waals surface area contributed by atoms with E-state index in [4.69, 9.17) is 28.9 Å². The minimum absolute atomic E-state index is 0.241. The van der Waals surface area contributed by atoms with Gasteiger partial charge in [-0.25, -0.2) is 4.98 Å². The first-order valence-electron chi connectivity index (χ1n) is 9.25. The maximum atomic E-state index is 6.01. The Morgan fingerprint density at radius 3 is 2.30 bits per heavy atom. The molecule has 0 aliphatic heterocycles. The fourth-order valence-corrected chi connectivity index (χ4v) is 2.89. The molecule has 1 aromatic heterocycles. The summed E-state index contributed by atoms with van der Waals surface area (Å²) < 4.78 is 0. The lowest BCUT2D eigenvalue weighted by atomic mass is 10.2. The molecule has 0 saturated carbocycles. The van der Waals surface area contributed by atoms with E-state index in [2.05, 4.69) is 29.1 Å². The number of nitrogen functional groups attached to an aromatic ring is 1. The van der Waals surface area contributed by atoms with Crippen LogP contribution in [-0.4, -0.2) is 9.97 Å². The molecule has 2 aromatic carbocycles. The third kappa shape index (κ3) is 6.56. The van der Waals surface area contributed by atoms with Gasteiger partial charge in [-0.1, -0.05) is 80.9 Å². The van der Waals surface area contributed by atoms with Crippen LogP contribution in [0.5, 0.6) is 0 Å². The number of fused-ring (bicyclic) bond motifs is 1. The van der Waals surface area contributed by atoms with E-state index in [1.165, 1.54) is 25.7 Å². The number of halogens is 2. The predicted octanol–water partition coefficient (Wildman–Crippen LogP) is 6.72. The molecule has 0 spiro atoms. The Labute approximate surface area is 171 Å². The van der Waals surface area contributed by atoms with Crippen LogP contribution in [0.4, 0.5) is 11.8 Å². The smallest absolute Gasteiger partial charge is 0.222 e. The number of benzene rings is 2. The summed E-state index contributed by atoms with van der Waals surface area (Å²) in [4.78, 5) is 8.46. The first-order valence-corrected chi connectivity index (χ1v) is 10.0. The number of nitrogens with two attached hydrogens (primary N) is 1. The summed E-state index contributed by atoms with van der Waals surface area (Å²) in [7, 11) is 0. The molecule has 1 heterocycles. The van der Waals surface area contributed by atoms with Crippen molar-refractivity contribution in [1.29, 1.82) is 0 Å². The highest BCUT2D eigenvalue weighted by Gasteiger charge is 2.06. The van der Waals surface area contributed by atoms with Crippen molar-refractivity contribution in [3.05, 3.63) is 58.1 Å². The molecule has 0 saturated heterocycles. The molecule has 0 radical (unpaired) electrons. The molecule has 3 N–H and O–H groups in total. The van der Waals surface area contributed by atoms with Crippen LogP contribution in [0.25, 0.3) is 10.9 Å². The van der Waals surface area contributed by atoms with Gasteiger partial charge in [0.25, 0.3) is 0 Å². The SMILES string of the molecule is CCCCCC.Nc1nc(NCc2ccc(Cl)c(Cl)c2)c2ccccc2n1. The Hall–Kier alpha value is -2.04. The van der Waals surface area contributed by atoms with E-state index in [9.17, 15) is 0 Å². The largest absolute Gasteiger partial charge is 0.368 e. The Morgan fingerprint density at radius 2 is 1.63 bits per heavy atom. The van der Waals surface area contributed by atoms with Crippen molar-refractivity contribution in [1.82, 2.24) is 9.97 Å². The zero-order chi connectivity index (χ0) is 19.6. The van der Waals surface area contributed by atoms with Gasteiger partial charge in [0.1, 0.15) is 5.82 Å². The van der Waals surface area contributed by atoms with E-state index in [-0.39, 0.29) is 5.95 Å². The van der Waals surface area contributed by atoms with Crippen molar-refractivity contribution in [3.63, 3.8) is 0 Å². The number of nitrogens with one attached hydrogen (secondary N) is 1. The van der Waals surface area contributed by atoms with Gasteiger partial charge < -0.3 is 11.1 Å². The van der Waals surface area contributed by atoms with Crippen molar-refractivity contribution in [2.45, 2.75) is 46.1 Å². The first-order chi connectivity index (χ1) is 13.0. The van der Waals surface area contributed by atoms with Crippen LogP contribution < -0.4 is 11.1 Å². The molecule has 0 fully saturated rings. The summed E-state index contributed by atoms with van der Waals surface area (Å²) in [5.74, 6) is 0.939. The minimum Gasteiger partial charge on any atom is -0.368 e. The lowest BCUT2D eigenvalue weighted by Crippen LogP contribution is -2.05. The topological polar surface area (TPSA) is 63.8 Å². The van der Waals surface area contributed by atoms with E-state index >= 15 is 0 Å².